The molecule has 2 aromatic rings. The van der Waals surface area contributed by atoms with Crippen molar-refractivity contribution in [3.05, 3.63) is 65.7 Å². The van der Waals surface area contributed by atoms with Gasteiger partial charge in [-0.15, -0.1) is 0 Å². The Morgan fingerprint density at radius 3 is 2.50 bits per heavy atom. The summed E-state index contributed by atoms with van der Waals surface area (Å²) in [6.45, 7) is 2.18. The fourth-order valence-electron chi connectivity index (χ4n) is 2.13. The topological polar surface area (TPSA) is 58.6 Å². The van der Waals surface area contributed by atoms with Gasteiger partial charge in [0.15, 0.2) is 0 Å². The maximum absolute atomic E-state index is 11.9. The zero-order valence-electron chi connectivity index (χ0n) is 12.5. The van der Waals surface area contributed by atoms with Gasteiger partial charge in [0, 0.05) is 0 Å². The number of carbonyl (C=O) groups is 1. The van der Waals surface area contributed by atoms with Crippen molar-refractivity contribution in [1.82, 2.24) is 5.32 Å². The van der Waals surface area contributed by atoms with E-state index in [1.807, 2.05) is 44.4 Å². The number of hydrogen-bond donors (Lipinski definition) is 2. The second kappa shape index (κ2) is 8.12. The molecule has 1 radical (unpaired) electrons. The van der Waals surface area contributed by atoms with Gasteiger partial charge in [-0.1, -0.05) is 55.6 Å². The van der Waals surface area contributed by atoms with Crippen molar-refractivity contribution in [3.63, 3.8) is 0 Å². The predicted molar refractivity (Wildman–Crippen MR) is 87.0 cm³/mol. The molecule has 113 valence electrons. The molecule has 0 saturated heterocycles. The van der Waals surface area contributed by atoms with Gasteiger partial charge in [0.1, 0.15) is 19.6 Å². The molecule has 0 fully saturated rings. The highest BCUT2D eigenvalue weighted by Gasteiger charge is 2.14. The second-order valence-corrected chi connectivity index (χ2v) is 4.99. The van der Waals surface area contributed by atoms with E-state index in [0.717, 1.165) is 11.1 Å². The summed E-state index contributed by atoms with van der Waals surface area (Å²) in [5.74, 6) is 0.203. The van der Waals surface area contributed by atoms with E-state index in [1.54, 1.807) is 24.3 Å². The van der Waals surface area contributed by atoms with E-state index in [0.29, 0.717) is 6.32 Å². The first kappa shape index (κ1) is 16.0. The highest BCUT2D eigenvalue weighted by atomic mass is 16.5. The monoisotopic (exact) mass is 296 g/mol. The Bertz CT molecular complexity index is 587. The first-order valence-corrected chi connectivity index (χ1v) is 7.23. The van der Waals surface area contributed by atoms with Gasteiger partial charge in [0.25, 0.3) is 0 Å². The Balaban J connectivity index is 1.92. The van der Waals surface area contributed by atoms with Crippen LogP contribution in [0.5, 0.6) is 5.75 Å². The van der Waals surface area contributed by atoms with Crippen LogP contribution in [-0.4, -0.2) is 18.5 Å². The SMILES string of the molecule is C[B]C[C@H](NC(=O)OCc1ccccc1)c1ccc(O)cc1. The van der Waals surface area contributed by atoms with E-state index in [2.05, 4.69) is 5.32 Å². The number of alkyl carbamates (subject to hydrolysis) is 1. The van der Waals surface area contributed by atoms with Crippen LogP contribution in [-0.2, 0) is 11.3 Å². The van der Waals surface area contributed by atoms with Gasteiger partial charge in [-0.05, 0) is 23.3 Å². The van der Waals surface area contributed by atoms with Gasteiger partial charge in [-0.25, -0.2) is 4.79 Å². The van der Waals surface area contributed by atoms with E-state index >= 15 is 0 Å². The van der Waals surface area contributed by atoms with E-state index in [9.17, 15) is 9.90 Å². The lowest BCUT2D eigenvalue weighted by molar-refractivity contribution is 0.136. The molecule has 2 rings (SSSR count). The van der Waals surface area contributed by atoms with E-state index in [1.165, 1.54) is 0 Å². The number of hydrogen-bond acceptors (Lipinski definition) is 3. The van der Waals surface area contributed by atoms with E-state index < -0.39 is 6.09 Å². The minimum Gasteiger partial charge on any atom is -0.508 e. The molecule has 0 aliphatic carbocycles. The van der Waals surface area contributed by atoms with Gasteiger partial charge in [0.2, 0.25) is 0 Å². The number of nitrogens with one attached hydrogen (secondary N) is 1. The summed E-state index contributed by atoms with van der Waals surface area (Å²) >= 11 is 0. The third-order valence-corrected chi connectivity index (χ3v) is 3.27. The predicted octanol–water partition coefficient (Wildman–Crippen LogP) is 3.53. The van der Waals surface area contributed by atoms with Crippen LogP contribution in [0.15, 0.2) is 54.6 Å². The quantitative estimate of drug-likeness (QED) is 0.802. The lowest BCUT2D eigenvalue weighted by Gasteiger charge is -2.18. The Hall–Kier alpha value is -2.43. The Morgan fingerprint density at radius 2 is 1.86 bits per heavy atom. The Labute approximate surface area is 131 Å². The molecule has 1 amide bonds. The highest BCUT2D eigenvalue weighted by Crippen LogP contribution is 2.20. The van der Waals surface area contributed by atoms with Crippen LogP contribution in [0.25, 0.3) is 0 Å². The molecule has 0 unspecified atom stereocenters. The fraction of sp³-hybridized carbons (Fsp3) is 0.235. The third-order valence-electron chi connectivity index (χ3n) is 3.27. The van der Waals surface area contributed by atoms with Crippen molar-refractivity contribution in [3.8, 4) is 5.75 Å². The van der Waals surface area contributed by atoms with Crippen LogP contribution < -0.4 is 5.32 Å². The summed E-state index contributed by atoms with van der Waals surface area (Å²) in [7, 11) is 1.98. The van der Waals surface area contributed by atoms with Crippen LogP contribution in [0, 0.1) is 0 Å². The van der Waals surface area contributed by atoms with Gasteiger partial charge in [-0.2, -0.15) is 0 Å². The number of aromatic hydroxyl groups is 1. The van der Waals surface area contributed by atoms with Crippen molar-refractivity contribution in [2.45, 2.75) is 25.8 Å². The maximum Gasteiger partial charge on any atom is 0.407 e. The van der Waals surface area contributed by atoms with Crippen molar-refractivity contribution >= 4 is 13.4 Å². The number of amides is 1. The standard InChI is InChI=1S/C17H19BNO3/c1-18-11-16(14-7-9-15(20)10-8-14)19-17(21)22-12-13-5-3-2-4-6-13/h2-10,16,20H,11-12H2,1H3,(H,19,21)/t16-/m0/s1. The van der Waals surface area contributed by atoms with E-state index in [-0.39, 0.29) is 18.4 Å². The zero-order valence-corrected chi connectivity index (χ0v) is 12.5. The molecular formula is C17H19BNO3. The van der Waals surface area contributed by atoms with Gasteiger partial charge in [0.05, 0.1) is 6.04 Å². The molecule has 0 spiro atoms. The largest absolute Gasteiger partial charge is 0.508 e. The van der Waals surface area contributed by atoms with Crippen molar-refractivity contribution in [2.75, 3.05) is 0 Å². The van der Waals surface area contributed by atoms with Gasteiger partial charge >= 0.3 is 6.09 Å². The molecule has 2 N–H and O–H groups in total. The molecule has 5 heteroatoms. The minimum atomic E-state index is -0.455. The lowest BCUT2D eigenvalue weighted by atomic mass is 9.73. The van der Waals surface area contributed by atoms with Gasteiger partial charge in [-0.3, -0.25) is 0 Å². The lowest BCUT2D eigenvalue weighted by Crippen LogP contribution is -2.29. The average molecular weight is 296 g/mol. The van der Waals surface area contributed by atoms with E-state index in [4.69, 9.17) is 4.74 Å². The summed E-state index contributed by atoms with van der Waals surface area (Å²) in [6, 6.07) is 16.2. The Morgan fingerprint density at radius 1 is 1.18 bits per heavy atom. The molecule has 0 aliphatic rings. The molecule has 0 aliphatic heterocycles. The third kappa shape index (κ3) is 4.84. The molecule has 0 bridgehead atoms. The van der Waals surface area contributed by atoms with Crippen molar-refractivity contribution in [1.29, 1.82) is 0 Å². The zero-order chi connectivity index (χ0) is 15.8. The van der Waals surface area contributed by atoms with Crippen molar-refractivity contribution in [2.24, 2.45) is 0 Å². The number of rotatable bonds is 6. The molecule has 1 atom stereocenters. The first-order chi connectivity index (χ1) is 10.7. The number of ether oxygens (including phenoxy) is 1. The first-order valence-electron chi connectivity index (χ1n) is 7.23. The summed E-state index contributed by atoms with van der Waals surface area (Å²) in [5, 5.41) is 12.2. The highest BCUT2D eigenvalue weighted by molar-refractivity contribution is 6.33. The smallest absolute Gasteiger partial charge is 0.407 e. The molecule has 0 aromatic heterocycles. The molecule has 0 heterocycles. The van der Waals surface area contributed by atoms with Gasteiger partial charge < -0.3 is 15.2 Å². The van der Waals surface area contributed by atoms with Crippen molar-refractivity contribution < 1.29 is 14.6 Å². The molecule has 4 nitrogen and oxygen atoms in total. The molecule has 22 heavy (non-hydrogen) atoms. The van der Waals surface area contributed by atoms with Crippen LogP contribution in [0.1, 0.15) is 17.2 Å². The van der Waals surface area contributed by atoms with Crippen LogP contribution >= 0.6 is 0 Å². The molecule has 0 saturated carbocycles. The molecular weight excluding hydrogens is 277 g/mol. The maximum atomic E-state index is 11.9. The van der Waals surface area contributed by atoms with Crippen LogP contribution in [0.4, 0.5) is 4.79 Å². The average Bonchev–Trinajstić information content (AvgIpc) is 2.54. The minimum absolute atomic E-state index is 0.172. The summed E-state index contributed by atoms with van der Waals surface area (Å²) in [4.78, 5) is 11.9. The second-order valence-electron chi connectivity index (χ2n) is 4.99. The summed E-state index contributed by atoms with van der Waals surface area (Å²) in [5.41, 5.74) is 1.87. The van der Waals surface area contributed by atoms with Crippen LogP contribution in [0.3, 0.4) is 0 Å². The number of carbonyl (C=O) groups excluding carboxylic acids is 1. The van der Waals surface area contributed by atoms with Crippen LogP contribution in [0.2, 0.25) is 13.1 Å². The number of benzene rings is 2. The fourth-order valence-corrected chi connectivity index (χ4v) is 2.13. The number of phenols is 1. The summed E-state index contributed by atoms with van der Waals surface area (Å²) in [6.07, 6.45) is 0.231. The normalized spacial score (nSPS) is 11.5. The Kier molecular flexibility index (Phi) is 5.89. The summed E-state index contributed by atoms with van der Waals surface area (Å²) < 4.78 is 5.24. The molecule has 2 aromatic carbocycles. The number of phenolic OH excluding ortho intramolecular Hbond substituents is 1.